The van der Waals surface area contributed by atoms with Gasteiger partial charge in [0.1, 0.15) is 0 Å². The number of carbonyl (C=O) groups is 1. The molecule has 14 heavy (non-hydrogen) atoms. The first-order valence-corrected chi connectivity index (χ1v) is 4.57. The summed E-state index contributed by atoms with van der Waals surface area (Å²) in [5.41, 5.74) is 1.69. The van der Waals surface area contributed by atoms with E-state index in [0.717, 1.165) is 5.56 Å². The molecular formula is C12H14O2. The molecule has 0 aromatic heterocycles. The molecule has 74 valence electrons. The van der Waals surface area contributed by atoms with Gasteiger partial charge in [-0.3, -0.25) is 4.79 Å². The summed E-state index contributed by atoms with van der Waals surface area (Å²) in [6, 6.07) is 7.28. The van der Waals surface area contributed by atoms with Crippen LogP contribution < -0.4 is 0 Å². The van der Waals surface area contributed by atoms with Crippen molar-refractivity contribution in [2.45, 2.75) is 20.0 Å². The van der Waals surface area contributed by atoms with Crippen molar-refractivity contribution in [3.8, 4) is 0 Å². The Labute approximate surface area is 83.9 Å². The van der Waals surface area contributed by atoms with Crippen molar-refractivity contribution in [3.05, 3.63) is 41.5 Å². The zero-order valence-electron chi connectivity index (χ0n) is 8.40. The van der Waals surface area contributed by atoms with Crippen LogP contribution >= 0.6 is 0 Å². The maximum absolute atomic E-state index is 11.0. The molecule has 0 aliphatic heterocycles. The lowest BCUT2D eigenvalue weighted by atomic mass is 10.1. The Hall–Kier alpha value is -1.41. The SMILES string of the molecule is CC(=O)c1ccc(/C=C/[C@@H](C)O)cc1. The van der Waals surface area contributed by atoms with Crippen LogP contribution in [-0.4, -0.2) is 17.0 Å². The van der Waals surface area contributed by atoms with E-state index in [1.54, 1.807) is 32.1 Å². The number of Topliss-reactive ketones (excluding diaryl/α,β-unsaturated/α-hetero) is 1. The molecule has 0 fully saturated rings. The van der Waals surface area contributed by atoms with Crippen LogP contribution in [0.2, 0.25) is 0 Å². The zero-order chi connectivity index (χ0) is 10.6. The molecule has 0 radical (unpaired) electrons. The summed E-state index contributed by atoms with van der Waals surface area (Å²) in [5.74, 6) is 0.0658. The lowest BCUT2D eigenvalue weighted by Crippen LogP contribution is -1.92. The minimum atomic E-state index is -0.442. The molecule has 0 aliphatic rings. The predicted octanol–water partition coefficient (Wildman–Crippen LogP) is 2.28. The fourth-order valence-corrected chi connectivity index (χ4v) is 1.08. The Morgan fingerprint density at radius 2 is 1.93 bits per heavy atom. The average molecular weight is 190 g/mol. The van der Waals surface area contributed by atoms with E-state index in [4.69, 9.17) is 5.11 Å². The Morgan fingerprint density at radius 3 is 2.36 bits per heavy atom. The molecule has 0 unspecified atom stereocenters. The van der Waals surface area contributed by atoms with Gasteiger partial charge in [-0.25, -0.2) is 0 Å². The highest BCUT2D eigenvalue weighted by atomic mass is 16.3. The second-order valence-electron chi connectivity index (χ2n) is 3.28. The van der Waals surface area contributed by atoms with Gasteiger partial charge in [0.2, 0.25) is 0 Å². The summed E-state index contributed by atoms with van der Waals surface area (Å²) in [6.07, 6.45) is 3.08. The maximum atomic E-state index is 11.0. The number of hydrogen-bond acceptors (Lipinski definition) is 2. The van der Waals surface area contributed by atoms with E-state index in [1.807, 2.05) is 18.2 Å². The second kappa shape index (κ2) is 4.72. The summed E-state index contributed by atoms with van der Waals surface area (Å²) in [7, 11) is 0. The highest BCUT2D eigenvalue weighted by molar-refractivity contribution is 5.94. The van der Waals surface area contributed by atoms with Crippen LogP contribution in [0.1, 0.15) is 29.8 Å². The molecule has 0 saturated heterocycles. The maximum Gasteiger partial charge on any atom is 0.159 e. The van der Waals surface area contributed by atoms with Crippen molar-refractivity contribution in [2.75, 3.05) is 0 Å². The van der Waals surface area contributed by atoms with Crippen LogP contribution in [0.5, 0.6) is 0 Å². The van der Waals surface area contributed by atoms with Crippen LogP contribution in [0.15, 0.2) is 30.3 Å². The smallest absolute Gasteiger partial charge is 0.159 e. The molecule has 0 amide bonds. The summed E-state index contributed by atoms with van der Waals surface area (Å²) >= 11 is 0. The highest BCUT2D eigenvalue weighted by Gasteiger charge is 1.96. The van der Waals surface area contributed by atoms with Crippen molar-refractivity contribution < 1.29 is 9.90 Å². The number of rotatable bonds is 3. The topological polar surface area (TPSA) is 37.3 Å². The van der Waals surface area contributed by atoms with Crippen molar-refractivity contribution >= 4 is 11.9 Å². The Kier molecular flexibility index (Phi) is 3.60. The van der Waals surface area contributed by atoms with Crippen LogP contribution in [0.3, 0.4) is 0 Å². The van der Waals surface area contributed by atoms with Gasteiger partial charge in [0.25, 0.3) is 0 Å². The standard InChI is InChI=1S/C12H14O2/c1-9(13)3-4-11-5-7-12(8-6-11)10(2)14/h3-9,13H,1-2H3/b4-3+/t9-/m1/s1. The fourth-order valence-electron chi connectivity index (χ4n) is 1.08. The van der Waals surface area contributed by atoms with E-state index in [9.17, 15) is 4.79 Å². The monoisotopic (exact) mass is 190 g/mol. The van der Waals surface area contributed by atoms with E-state index >= 15 is 0 Å². The third kappa shape index (κ3) is 3.15. The number of benzene rings is 1. The second-order valence-corrected chi connectivity index (χ2v) is 3.28. The van der Waals surface area contributed by atoms with Gasteiger partial charge < -0.3 is 5.11 Å². The van der Waals surface area contributed by atoms with Gasteiger partial charge in [0.05, 0.1) is 6.10 Å². The van der Waals surface area contributed by atoms with Crippen molar-refractivity contribution in [3.63, 3.8) is 0 Å². The highest BCUT2D eigenvalue weighted by Crippen LogP contribution is 2.07. The molecule has 2 heteroatoms. The van der Waals surface area contributed by atoms with Gasteiger partial charge in [-0.2, -0.15) is 0 Å². The van der Waals surface area contributed by atoms with Crippen LogP contribution in [0.25, 0.3) is 6.08 Å². The molecular weight excluding hydrogens is 176 g/mol. The van der Waals surface area contributed by atoms with Crippen molar-refractivity contribution in [2.24, 2.45) is 0 Å². The van der Waals surface area contributed by atoms with Crippen LogP contribution in [0, 0.1) is 0 Å². The fraction of sp³-hybridized carbons (Fsp3) is 0.250. The van der Waals surface area contributed by atoms with E-state index in [1.165, 1.54) is 0 Å². The molecule has 0 bridgehead atoms. The molecule has 1 atom stereocenters. The lowest BCUT2D eigenvalue weighted by Gasteiger charge is -1.97. The lowest BCUT2D eigenvalue weighted by molar-refractivity contribution is 0.101. The molecule has 1 N–H and O–H groups in total. The summed E-state index contributed by atoms with van der Waals surface area (Å²) < 4.78 is 0. The van der Waals surface area contributed by atoms with E-state index in [-0.39, 0.29) is 5.78 Å². The van der Waals surface area contributed by atoms with Gasteiger partial charge >= 0.3 is 0 Å². The average Bonchev–Trinajstić information content (AvgIpc) is 2.15. The quantitative estimate of drug-likeness (QED) is 0.742. The summed E-state index contributed by atoms with van der Waals surface area (Å²) in [5, 5.41) is 9.02. The Morgan fingerprint density at radius 1 is 1.36 bits per heavy atom. The molecule has 0 saturated carbocycles. The molecule has 0 spiro atoms. The van der Waals surface area contributed by atoms with Gasteiger partial charge in [0, 0.05) is 5.56 Å². The van der Waals surface area contributed by atoms with Gasteiger partial charge in [-0.05, 0) is 19.4 Å². The van der Waals surface area contributed by atoms with E-state index < -0.39 is 6.10 Å². The predicted molar refractivity (Wildman–Crippen MR) is 57.2 cm³/mol. The van der Waals surface area contributed by atoms with Crippen molar-refractivity contribution in [1.82, 2.24) is 0 Å². The summed E-state index contributed by atoms with van der Waals surface area (Å²) in [4.78, 5) is 11.0. The molecule has 0 aliphatic carbocycles. The summed E-state index contributed by atoms with van der Waals surface area (Å²) in [6.45, 7) is 3.24. The van der Waals surface area contributed by atoms with Gasteiger partial charge in [-0.1, -0.05) is 36.4 Å². The Bertz CT molecular complexity index is 334. The number of hydrogen-bond donors (Lipinski definition) is 1. The van der Waals surface area contributed by atoms with Gasteiger partial charge in [0.15, 0.2) is 5.78 Å². The van der Waals surface area contributed by atoms with Crippen LogP contribution in [-0.2, 0) is 0 Å². The minimum absolute atomic E-state index is 0.0658. The van der Waals surface area contributed by atoms with Crippen molar-refractivity contribution in [1.29, 1.82) is 0 Å². The molecule has 1 rings (SSSR count). The molecule has 0 heterocycles. The first-order chi connectivity index (χ1) is 6.59. The first kappa shape index (κ1) is 10.7. The number of aliphatic hydroxyl groups is 1. The minimum Gasteiger partial charge on any atom is -0.389 e. The molecule has 1 aromatic carbocycles. The first-order valence-electron chi connectivity index (χ1n) is 4.57. The van der Waals surface area contributed by atoms with E-state index in [0.29, 0.717) is 5.56 Å². The third-order valence-corrected chi connectivity index (χ3v) is 1.88. The Balaban J connectivity index is 2.78. The van der Waals surface area contributed by atoms with E-state index in [2.05, 4.69) is 0 Å². The van der Waals surface area contributed by atoms with Crippen LogP contribution in [0.4, 0.5) is 0 Å². The molecule has 2 nitrogen and oxygen atoms in total. The third-order valence-electron chi connectivity index (χ3n) is 1.88. The van der Waals surface area contributed by atoms with Gasteiger partial charge in [-0.15, -0.1) is 0 Å². The number of carbonyl (C=O) groups excluding carboxylic acids is 1. The molecule has 1 aromatic rings. The number of aliphatic hydroxyl groups excluding tert-OH is 1. The largest absolute Gasteiger partial charge is 0.389 e. The normalized spacial score (nSPS) is 13.1. The number of ketones is 1. The zero-order valence-corrected chi connectivity index (χ0v) is 8.40.